The summed E-state index contributed by atoms with van der Waals surface area (Å²) in [5.74, 6) is -1.48. The van der Waals surface area contributed by atoms with Gasteiger partial charge in [-0.15, -0.1) is 11.8 Å². The Morgan fingerprint density at radius 2 is 1.82 bits per heavy atom. The SMILES string of the molecule is Cc1ccc(NC(=O)CN2C(=O)[C@@]3(SCC(=O)N3c3cccc(F)c3)c3ccccc32)cc1. The standard InChI is InChI=1S/C25H20FN3O3S/c1-16-9-11-18(12-10-16)27-22(30)14-28-21-8-3-2-7-20(21)25(24(28)32)29(23(31)15-33-25)19-6-4-5-17(26)13-19/h2-13H,14-15H2,1H3,(H,27,30)/t25-/m0/s1. The summed E-state index contributed by atoms with van der Waals surface area (Å²) >= 11 is 1.19. The fourth-order valence-electron chi connectivity index (χ4n) is 4.31. The van der Waals surface area contributed by atoms with Crippen LogP contribution in [-0.2, 0) is 19.3 Å². The van der Waals surface area contributed by atoms with Gasteiger partial charge in [0.2, 0.25) is 16.7 Å². The summed E-state index contributed by atoms with van der Waals surface area (Å²) in [5.41, 5.74) is 3.17. The normalized spacial score (nSPS) is 19.3. The third kappa shape index (κ3) is 3.47. The molecular formula is C25H20FN3O3S. The minimum atomic E-state index is -1.38. The maximum Gasteiger partial charge on any atom is 0.269 e. The van der Waals surface area contributed by atoms with E-state index in [9.17, 15) is 18.8 Å². The van der Waals surface area contributed by atoms with E-state index in [2.05, 4.69) is 5.32 Å². The average molecular weight is 462 g/mol. The Hall–Kier alpha value is -3.65. The van der Waals surface area contributed by atoms with Crippen molar-refractivity contribution >= 4 is 46.5 Å². The van der Waals surface area contributed by atoms with Gasteiger partial charge in [0.1, 0.15) is 12.4 Å². The third-order valence-electron chi connectivity index (χ3n) is 5.77. The first-order chi connectivity index (χ1) is 15.9. The number of para-hydroxylation sites is 1. The van der Waals surface area contributed by atoms with Crippen molar-refractivity contribution in [2.45, 2.75) is 11.8 Å². The smallest absolute Gasteiger partial charge is 0.269 e. The first kappa shape index (κ1) is 21.2. The van der Waals surface area contributed by atoms with Crippen LogP contribution in [0.25, 0.3) is 0 Å². The Balaban J connectivity index is 1.51. The molecule has 1 fully saturated rings. The van der Waals surface area contributed by atoms with Crippen LogP contribution in [0.5, 0.6) is 0 Å². The Labute approximate surface area is 194 Å². The van der Waals surface area contributed by atoms with Crippen LogP contribution in [0.4, 0.5) is 21.5 Å². The van der Waals surface area contributed by atoms with Crippen molar-refractivity contribution in [2.24, 2.45) is 0 Å². The highest BCUT2D eigenvalue weighted by Gasteiger charge is 2.61. The molecule has 166 valence electrons. The van der Waals surface area contributed by atoms with Crippen molar-refractivity contribution in [1.29, 1.82) is 0 Å². The molecule has 3 aromatic rings. The van der Waals surface area contributed by atoms with Crippen LogP contribution in [0.3, 0.4) is 0 Å². The molecule has 3 aromatic carbocycles. The van der Waals surface area contributed by atoms with Gasteiger partial charge in [-0.05, 0) is 43.3 Å². The number of aryl methyl sites for hydroxylation is 1. The molecule has 1 N–H and O–H groups in total. The van der Waals surface area contributed by atoms with Crippen LogP contribution in [-0.4, -0.2) is 30.0 Å². The number of hydrogen-bond acceptors (Lipinski definition) is 4. The van der Waals surface area contributed by atoms with E-state index in [4.69, 9.17) is 0 Å². The van der Waals surface area contributed by atoms with Gasteiger partial charge >= 0.3 is 0 Å². The van der Waals surface area contributed by atoms with Crippen molar-refractivity contribution in [2.75, 3.05) is 27.4 Å². The maximum absolute atomic E-state index is 14.0. The van der Waals surface area contributed by atoms with Crippen LogP contribution in [0, 0.1) is 12.7 Å². The van der Waals surface area contributed by atoms with Gasteiger partial charge in [0.05, 0.1) is 11.4 Å². The average Bonchev–Trinajstić information content (AvgIpc) is 3.26. The number of anilines is 3. The lowest BCUT2D eigenvalue weighted by Gasteiger charge is -2.33. The van der Waals surface area contributed by atoms with E-state index in [1.807, 2.05) is 19.1 Å². The summed E-state index contributed by atoms with van der Waals surface area (Å²) in [6.45, 7) is 1.74. The number of benzene rings is 3. The van der Waals surface area contributed by atoms with Crippen LogP contribution in [0.2, 0.25) is 0 Å². The number of thioether (sulfide) groups is 1. The van der Waals surface area contributed by atoms with E-state index < -0.39 is 16.6 Å². The van der Waals surface area contributed by atoms with Gasteiger partial charge in [-0.25, -0.2) is 4.39 Å². The molecule has 0 aromatic heterocycles. The number of carbonyl (C=O) groups is 3. The van der Waals surface area contributed by atoms with Crippen molar-refractivity contribution < 1.29 is 18.8 Å². The first-order valence-corrected chi connectivity index (χ1v) is 11.4. The Kier molecular flexibility index (Phi) is 5.17. The van der Waals surface area contributed by atoms with Crippen molar-refractivity contribution in [3.63, 3.8) is 0 Å². The summed E-state index contributed by atoms with van der Waals surface area (Å²) in [6.07, 6.45) is 0. The van der Waals surface area contributed by atoms with E-state index in [1.54, 1.807) is 42.5 Å². The van der Waals surface area contributed by atoms with E-state index in [0.717, 1.165) is 5.56 Å². The molecule has 1 saturated heterocycles. The zero-order valence-electron chi connectivity index (χ0n) is 17.7. The van der Waals surface area contributed by atoms with E-state index in [-0.39, 0.29) is 24.1 Å². The topological polar surface area (TPSA) is 69.7 Å². The predicted molar refractivity (Wildman–Crippen MR) is 127 cm³/mol. The van der Waals surface area contributed by atoms with Gasteiger partial charge in [0.25, 0.3) is 5.91 Å². The van der Waals surface area contributed by atoms with Crippen molar-refractivity contribution in [3.8, 4) is 0 Å². The molecule has 0 unspecified atom stereocenters. The van der Waals surface area contributed by atoms with E-state index in [0.29, 0.717) is 22.6 Å². The summed E-state index contributed by atoms with van der Waals surface area (Å²) < 4.78 is 14.0. The Bertz CT molecular complexity index is 1280. The van der Waals surface area contributed by atoms with Gasteiger partial charge in [-0.1, -0.05) is 42.0 Å². The van der Waals surface area contributed by atoms with Gasteiger partial charge < -0.3 is 5.32 Å². The minimum absolute atomic E-state index is 0.0694. The second-order valence-electron chi connectivity index (χ2n) is 7.96. The van der Waals surface area contributed by atoms with Crippen molar-refractivity contribution in [1.82, 2.24) is 0 Å². The van der Waals surface area contributed by atoms with Crippen LogP contribution < -0.4 is 15.1 Å². The highest BCUT2D eigenvalue weighted by atomic mass is 32.2. The fraction of sp³-hybridized carbons (Fsp3) is 0.160. The largest absolute Gasteiger partial charge is 0.325 e. The number of halogens is 1. The van der Waals surface area contributed by atoms with Crippen LogP contribution in [0.15, 0.2) is 72.8 Å². The Morgan fingerprint density at radius 3 is 2.58 bits per heavy atom. The molecule has 2 aliphatic heterocycles. The number of carbonyl (C=O) groups excluding carboxylic acids is 3. The number of hydrogen-bond donors (Lipinski definition) is 1. The molecule has 33 heavy (non-hydrogen) atoms. The Morgan fingerprint density at radius 1 is 1.06 bits per heavy atom. The molecule has 2 heterocycles. The third-order valence-corrected chi connectivity index (χ3v) is 7.15. The second kappa shape index (κ2) is 8.04. The lowest BCUT2D eigenvalue weighted by Crippen LogP contribution is -2.50. The maximum atomic E-state index is 14.0. The summed E-state index contributed by atoms with van der Waals surface area (Å²) in [6, 6.07) is 20.1. The first-order valence-electron chi connectivity index (χ1n) is 10.4. The molecule has 1 atom stereocenters. The second-order valence-corrected chi connectivity index (χ2v) is 9.13. The van der Waals surface area contributed by atoms with Crippen molar-refractivity contribution in [3.05, 3.63) is 89.7 Å². The summed E-state index contributed by atoms with van der Waals surface area (Å²) in [5, 5.41) is 2.82. The van der Waals surface area contributed by atoms with Gasteiger partial charge in [-0.2, -0.15) is 0 Å². The lowest BCUT2D eigenvalue weighted by molar-refractivity contribution is -0.124. The molecule has 0 radical (unpaired) electrons. The predicted octanol–water partition coefficient (Wildman–Crippen LogP) is 4.05. The summed E-state index contributed by atoms with van der Waals surface area (Å²) in [7, 11) is 0. The number of rotatable bonds is 4. The lowest BCUT2D eigenvalue weighted by atomic mass is 10.0. The quantitative estimate of drug-likeness (QED) is 0.637. The summed E-state index contributed by atoms with van der Waals surface area (Å²) in [4.78, 5) is 41.0. The zero-order chi connectivity index (χ0) is 23.2. The molecular weight excluding hydrogens is 441 g/mol. The minimum Gasteiger partial charge on any atom is -0.325 e. The molecule has 2 aliphatic rings. The monoisotopic (exact) mass is 461 g/mol. The van der Waals surface area contributed by atoms with Crippen LogP contribution >= 0.6 is 11.8 Å². The number of nitrogens with one attached hydrogen (secondary N) is 1. The molecule has 8 heteroatoms. The fourth-order valence-corrected chi connectivity index (χ4v) is 5.67. The van der Waals surface area contributed by atoms with Crippen LogP contribution in [0.1, 0.15) is 11.1 Å². The molecule has 3 amide bonds. The van der Waals surface area contributed by atoms with E-state index in [1.165, 1.54) is 39.8 Å². The number of fused-ring (bicyclic) bond motifs is 2. The van der Waals surface area contributed by atoms with Gasteiger partial charge in [-0.3, -0.25) is 24.2 Å². The molecule has 1 spiro atoms. The highest BCUT2D eigenvalue weighted by Crippen LogP contribution is 2.55. The number of nitrogens with zero attached hydrogens (tertiary/aromatic N) is 2. The van der Waals surface area contributed by atoms with E-state index >= 15 is 0 Å². The highest BCUT2D eigenvalue weighted by molar-refractivity contribution is 8.02. The molecule has 0 aliphatic carbocycles. The molecule has 6 nitrogen and oxygen atoms in total. The molecule has 5 rings (SSSR count). The van der Waals surface area contributed by atoms with Gasteiger partial charge in [0.15, 0.2) is 0 Å². The molecule has 0 bridgehead atoms. The number of amides is 3. The zero-order valence-corrected chi connectivity index (χ0v) is 18.6. The van der Waals surface area contributed by atoms with Gasteiger partial charge in [0, 0.05) is 16.9 Å². The molecule has 0 saturated carbocycles.